The fourth-order valence-corrected chi connectivity index (χ4v) is 1.45. The Labute approximate surface area is 97.3 Å². The topological polar surface area (TPSA) is 59.0 Å². The maximum atomic E-state index is 11.5. The van der Waals surface area contributed by atoms with Crippen LogP contribution >= 0.6 is 0 Å². The van der Waals surface area contributed by atoms with Gasteiger partial charge in [0.25, 0.3) is 0 Å². The van der Waals surface area contributed by atoms with Gasteiger partial charge in [0.1, 0.15) is 0 Å². The van der Waals surface area contributed by atoms with Crippen LogP contribution in [0.25, 0.3) is 0 Å². The van der Waals surface area contributed by atoms with Gasteiger partial charge in [-0.15, -0.1) is 0 Å². The summed E-state index contributed by atoms with van der Waals surface area (Å²) >= 11 is 0. The van der Waals surface area contributed by atoms with E-state index in [9.17, 15) is 4.79 Å². The van der Waals surface area contributed by atoms with Gasteiger partial charge in [0, 0.05) is 13.2 Å². The molecule has 0 aromatic rings. The van der Waals surface area contributed by atoms with Crippen LogP contribution in [0, 0.1) is 5.92 Å². The zero-order chi connectivity index (χ0) is 12.6. The van der Waals surface area contributed by atoms with Crippen LogP contribution in [-0.4, -0.2) is 63.0 Å². The normalized spacial score (nSPS) is 14.9. The highest BCUT2D eigenvalue weighted by Crippen LogP contribution is 2.12. The van der Waals surface area contributed by atoms with E-state index < -0.39 is 5.92 Å². The summed E-state index contributed by atoms with van der Waals surface area (Å²) < 4.78 is 9.97. The summed E-state index contributed by atoms with van der Waals surface area (Å²) in [7, 11) is 5.46. The van der Waals surface area contributed by atoms with Gasteiger partial charge in [-0.2, -0.15) is 0 Å². The molecule has 0 aliphatic heterocycles. The van der Waals surface area contributed by atoms with Crippen molar-refractivity contribution in [2.45, 2.75) is 19.4 Å². The Hall–Kier alpha value is -0.650. The molecule has 0 spiro atoms. The fourth-order valence-electron chi connectivity index (χ4n) is 1.45. The van der Waals surface area contributed by atoms with Gasteiger partial charge in [-0.1, -0.05) is 0 Å². The molecular weight excluding hydrogens is 210 g/mol. The molecule has 16 heavy (non-hydrogen) atoms. The molecule has 0 heterocycles. The van der Waals surface area contributed by atoms with Crippen LogP contribution in [0.1, 0.15) is 13.3 Å². The molecule has 5 nitrogen and oxygen atoms in total. The van der Waals surface area contributed by atoms with Gasteiger partial charge in [0.15, 0.2) is 0 Å². The summed E-state index contributed by atoms with van der Waals surface area (Å²) in [6.07, 6.45) is 0.538. The molecule has 0 amide bonds. The first-order valence-electron chi connectivity index (χ1n) is 5.49. The zero-order valence-electron chi connectivity index (χ0n) is 10.6. The second kappa shape index (κ2) is 8.50. The molecule has 5 heteroatoms. The minimum absolute atomic E-state index is 0.103. The molecule has 0 bridgehead atoms. The van der Waals surface area contributed by atoms with Crippen LogP contribution in [0.3, 0.4) is 0 Å². The third-order valence-corrected chi connectivity index (χ3v) is 2.49. The predicted molar refractivity (Wildman–Crippen MR) is 61.2 cm³/mol. The Balaban J connectivity index is 4.30. The lowest BCUT2D eigenvalue weighted by Gasteiger charge is -2.26. The molecular formula is C11H23NO4. The van der Waals surface area contributed by atoms with E-state index in [-0.39, 0.29) is 18.6 Å². The van der Waals surface area contributed by atoms with Gasteiger partial charge in [0.05, 0.1) is 25.7 Å². The van der Waals surface area contributed by atoms with E-state index in [4.69, 9.17) is 14.6 Å². The van der Waals surface area contributed by atoms with Gasteiger partial charge in [-0.05, 0) is 27.4 Å². The molecule has 0 radical (unpaired) electrons. The second-order valence-corrected chi connectivity index (χ2v) is 3.94. The highest BCUT2D eigenvalue weighted by molar-refractivity contribution is 5.72. The number of carbonyl (C=O) groups is 1. The van der Waals surface area contributed by atoms with Crippen molar-refractivity contribution in [3.63, 3.8) is 0 Å². The van der Waals surface area contributed by atoms with Crippen molar-refractivity contribution in [3.05, 3.63) is 0 Å². The monoisotopic (exact) mass is 233 g/mol. The van der Waals surface area contributed by atoms with Crippen molar-refractivity contribution in [3.8, 4) is 0 Å². The molecule has 0 aromatic heterocycles. The number of hydrogen-bond donors (Lipinski definition) is 1. The number of likely N-dealkylation sites (N-methyl/N-ethyl adjacent to an activating group) is 1. The Morgan fingerprint density at radius 1 is 1.44 bits per heavy atom. The number of esters is 1. The van der Waals surface area contributed by atoms with Crippen LogP contribution in [-0.2, 0) is 14.3 Å². The van der Waals surface area contributed by atoms with E-state index in [0.29, 0.717) is 19.6 Å². The summed E-state index contributed by atoms with van der Waals surface area (Å²) in [5.41, 5.74) is 0. The first-order valence-corrected chi connectivity index (χ1v) is 5.49. The number of rotatable bonds is 8. The van der Waals surface area contributed by atoms with Crippen LogP contribution in [0.4, 0.5) is 0 Å². The summed E-state index contributed by atoms with van der Waals surface area (Å²) in [5, 5.41) is 9.16. The number of methoxy groups -OCH3 is 1. The van der Waals surface area contributed by atoms with Gasteiger partial charge in [-0.25, -0.2) is 0 Å². The van der Waals surface area contributed by atoms with Crippen molar-refractivity contribution in [2.75, 3.05) is 41.0 Å². The molecule has 2 atom stereocenters. The number of hydrogen-bond acceptors (Lipinski definition) is 5. The van der Waals surface area contributed by atoms with Crippen molar-refractivity contribution in [2.24, 2.45) is 5.92 Å². The van der Waals surface area contributed by atoms with Gasteiger partial charge < -0.3 is 19.5 Å². The largest absolute Gasteiger partial charge is 0.466 e. The molecule has 0 aliphatic carbocycles. The first kappa shape index (κ1) is 15.3. The van der Waals surface area contributed by atoms with Crippen LogP contribution in [0.15, 0.2) is 0 Å². The number of aliphatic hydroxyl groups is 1. The summed E-state index contributed by atoms with van der Waals surface area (Å²) in [4.78, 5) is 13.5. The number of nitrogens with zero attached hydrogens (tertiary/aromatic N) is 1. The van der Waals surface area contributed by atoms with E-state index in [0.717, 1.165) is 0 Å². The summed E-state index contributed by atoms with van der Waals surface area (Å²) in [6, 6.07) is 0.103. The quantitative estimate of drug-likeness (QED) is 0.604. The van der Waals surface area contributed by atoms with Gasteiger partial charge >= 0.3 is 5.97 Å². The molecule has 0 rings (SSSR count). The average molecular weight is 233 g/mol. The lowest BCUT2D eigenvalue weighted by molar-refractivity contribution is -0.150. The van der Waals surface area contributed by atoms with Crippen LogP contribution < -0.4 is 0 Å². The molecule has 0 saturated carbocycles. The lowest BCUT2D eigenvalue weighted by atomic mass is 10.0. The second-order valence-electron chi connectivity index (χ2n) is 3.94. The Kier molecular flexibility index (Phi) is 8.15. The Morgan fingerprint density at radius 3 is 2.44 bits per heavy atom. The fraction of sp³-hybridized carbons (Fsp3) is 0.909. The first-order chi connectivity index (χ1) is 7.56. The van der Waals surface area contributed by atoms with E-state index in [1.807, 2.05) is 19.0 Å². The maximum absolute atomic E-state index is 11.5. The molecule has 0 saturated heterocycles. The zero-order valence-corrected chi connectivity index (χ0v) is 10.6. The maximum Gasteiger partial charge on any atom is 0.311 e. The summed E-state index contributed by atoms with van der Waals surface area (Å²) in [6.45, 7) is 2.44. The third kappa shape index (κ3) is 5.44. The number of carbonyl (C=O) groups excluding carboxylic acids is 1. The highest BCUT2D eigenvalue weighted by atomic mass is 16.5. The lowest BCUT2D eigenvalue weighted by Crippen LogP contribution is -2.37. The molecule has 2 unspecified atom stereocenters. The predicted octanol–water partition coefficient (Wildman–Crippen LogP) is 0.125. The van der Waals surface area contributed by atoms with Gasteiger partial charge in [-0.3, -0.25) is 4.79 Å². The molecule has 0 aliphatic rings. The van der Waals surface area contributed by atoms with Crippen LogP contribution in [0.2, 0.25) is 0 Å². The van der Waals surface area contributed by atoms with E-state index in [2.05, 4.69) is 0 Å². The van der Waals surface area contributed by atoms with Crippen molar-refractivity contribution in [1.82, 2.24) is 4.90 Å². The third-order valence-electron chi connectivity index (χ3n) is 2.49. The van der Waals surface area contributed by atoms with Crippen molar-refractivity contribution >= 4 is 5.97 Å². The highest BCUT2D eigenvalue weighted by Gasteiger charge is 2.24. The minimum Gasteiger partial charge on any atom is -0.466 e. The average Bonchev–Trinajstić information content (AvgIpc) is 2.24. The Bertz CT molecular complexity index is 196. The minimum atomic E-state index is -0.470. The van der Waals surface area contributed by atoms with Crippen LogP contribution in [0.5, 0.6) is 0 Å². The standard InChI is InChI=1S/C11H23NO4/c1-5-16-11(14)9(7-13)6-10(8-15-4)12(2)3/h9-10,13H,5-8H2,1-4H3. The van der Waals surface area contributed by atoms with Crippen molar-refractivity contribution in [1.29, 1.82) is 0 Å². The van der Waals surface area contributed by atoms with E-state index >= 15 is 0 Å². The van der Waals surface area contributed by atoms with E-state index in [1.54, 1.807) is 14.0 Å². The Morgan fingerprint density at radius 2 is 2.06 bits per heavy atom. The SMILES string of the molecule is CCOC(=O)C(CO)CC(COC)N(C)C. The van der Waals surface area contributed by atoms with Gasteiger partial charge in [0.2, 0.25) is 0 Å². The van der Waals surface area contributed by atoms with Crippen molar-refractivity contribution < 1.29 is 19.4 Å². The van der Waals surface area contributed by atoms with E-state index in [1.165, 1.54) is 0 Å². The number of ether oxygens (including phenoxy) is 2. The molecule has 1 N–H and O–H groups in total. The molecule has 0 fully saturated rings. The molecule has 0 aromatic carbocycles. The molecule has 96 valence electrons. The summed E-state index contributed by atoms with van der Waals surface area (Å²) in [5.74, 6) is -0.810. The smallest absolute Gasteiger partial charge is 0.311 e. The number of aliphatic hydroxyl groups excluding tert-OH is 1.